The molecular formula is C21H22N8O. The number of carbonyl (C=O) groups excluding carboxylic acids is 1. The SMILES string of the molecule is Cc1cc(C)n(CC(=O)N2CCc3cc(-c4nn(C)c5ncnc(N)c45)ccc32)n1. The Bertz CT molecular complexity index is 1300. The van der Waals surface area contributed by atoms with Crippen LogP contribution in [0.4, 0.5) is 11.5 Å². The monoisotopic (exact) mass is 402 g/mol. The molecule has 1 aromatic carbocycles. The maximum absolute atomic E-state index is 12.9. The van der Waals surface area contributed by atoms with Crippen molar-refractivity contribution in [1.82, 2.24) is 29.5 Å². The van der Waals surface area contributed by atoms with Gasteiger partial charge in [-0.2, -0.15) is 10.2 Å². The second-order valence-corrected chi connectivity index (χ2v) is 7.65. The summed E-state index contributed by atoms with van der Waals surface area (Å²) < 4.78 is 3.47. The molecule has 9 nitrogen and oxygen atoms in total. The van der Waals surface area contributed by atoms with E-state index in [2.05, 4.69) is 26.2 Å². The van der Waals surface area contributed by atoms with E-state index in [-0.39, 0.29) is 12.5 Å². The van der Waals surface area contributed by atoms with Gasteiger partial charge in [0, 0.05) is 30.5 Å². The van der Waals surface area contributed by atoms with E-state index in [0.717, 1.165) is 45.7 Å². The molecular weight excluding hydrogens is 380 g/mol. The summed E-state index contributed by atoms with van der Waals surface area (Å²) in [4.78, 5) is 23.2. The number of benzene rings is 1. The Balaban J connectivity index is 1.48. The third kappa shape index (κ3) is 2.81. The number of nitrogens with zero attached hydrogens (tertiary/aromatic N) is 7. The van der Waals surface area contributed by atoms with Crippen LogP contribution in [0.25, 0.3) is 22.3 Å². The summed E-state index contributed by atoms with van der Waals surface area (Å²) in [7, 11) is 1.84. The van der Waals surface area contributed by atoms with E-state index in [9.17, 15) is 4.79 Å². The summed E-state index contributed by atoms with van der Waals surface area (Å²) in [6.45, 7) is 4.79. The molecule has 0 saturated carbocycles. The maximum atomic E-state index is 12.9. The van der Waals surface area contributed by atoms with E-state index in [0.29, 0.717) is 18.0 Å². The van der Waals surface area contributed by atoms with E-state index in [4.69, 9.17) is 5.73 Å². The van der Waals surface area contributed by atoms with Crippen molar-refractivity contribution in [2.24, 2.45) is 7.05 Å². The number of hydrogen-bond acceptors (Lipinski definition) is 6. The van der Waals surface area contributed by atoms with E-state index >= 15 is 0 Å². The first kappa shape index (κ1) is 18.3. The Kier molecular flexibility index (Phi) is 4.05. The molecule has 1 amide bonds. The molecule has 3 aromatic heterocycles. The fourth-order valence-electron chi connectivity index (χ4n) is 4.17. The highest BCUT2D eigenvalue weighted by molar-refractivity contribution is 5.99. The van der Waals surface area contributed by atoms with Crippen molar-refractivity contribution in [1.29, 1.82) is 0 Å². The predicted octanol–water partition coefficient (Wildman–Crippen LogP) is 2.02. The van der Waals surface area contributed by atoms with E-state index in [1.165, 1.54) is 6.33 Å². The lowest BCUT2D eigenvalue weighted by Crippen LogP contribution is -2.32. The van der Waals surface area contributed by atoms with Gasteiger partial charge in [0.1, 0.15) is 24.4 Å². The van der Waals surface area contributed by atoms with Gasteiger partial charge in [-0.05, 0) is 44.0 Å². The number of aryl methyl sites for hydroxylation is 3. The van der Waals surface area contributed by atoms with Crippen molar-refractivity contribution in [3.63, 3.8) is 0 Å². The molecule has 30 heavy (non-hydrogen) atoms. The van der Waals surface area contributed by atoms with Gasteiger partial charge >= 0.3 is 0 Å². The van der Waals surface area contributed by atoms with Crippen LogP contribution in [-0.2, 0) is 24.8 Å². The van der Waals surface area contributed by atoms with Crippen molar-refractivity contribution in [3.05, 3.63) is 47.5 Å². The summed E-state index contributed by atoms with van der Waals surface area (Å²) in [6.07, 6.45) is 2.24. The third-order valence-corrected chi connectivity index (χ3v) is 5.59. The van der Waals surface area contributed by atoms with Gasteiger partial charge in [-0.3, -0.25) is 9.48 Å². The first-order valence-electron chi connectivity index (χ1n) is 9.80. The summed E-state index contributed by atoms with van der Waals surface area (Å²) in [5, 5.41) is 9.76. The molecule has 0 fully saturated rings. The van der Waals surface area contributed by atoms with Crippen LogP contribution in [0.5, 0.6) is 0 Å². The molecule has 1 aliphatic heterocycles. The number of aromatic nitrogens is 6. The quantitative estimate of drug-likeness (QED) is 0.562. The molecule has 2 N–H and O–H groups in total. The topological polar surface area (TPSA) is 108 Å². The van der Waals surface area contributed by atoms with Crippen molar-refractivity contribution >= 4 is 28.4 Å². The van der Waals surface area contributed by atoms with E-state index in [1.54, 1.807) is 9.36 Å². The molecule has 0 unspecified atom stereocenters. The molecule has 152 valence electrons. The summed E-state index contributed by atoms with van der Waals surface area (Å²) in [6, 6.07) is 8.02. The van der Waals surface area contributed by atoms with Crippen LogP contribution >= 0.6 is 0 Å². The van der Waals surface area contributed by atoms with Crippen LogP contribution in [0.2, 0.25) is 0 Å². The number of carbonyl (C=O) groups is 1. The summed E-state index contributed by atoms with van der Waals surface area (Å²) in [5.41, 5.74) is 12.4. The Morgan fingerprint density at radius 1 is 1.17 bits per heavy atom. The van der Waals surface area contributed by atoms with Gasteiger partial charge < -0.3 is 10.6 Å². The van der Waals surface area contributed by atoms with Gasteiger partial charge in [0.2, 0.25) is 5.91 Å². The first-order valence-corrected chi connectivity index (χ1v) is 9.80. The van der Waals surface area contributed by atoms with Gasteiger partial charge in [-0.25, -0.2) is 14.6 Å². The van der Waals surface area contributed by atoms with E-state index in [1.807, 2.05) is 44.0 Å². The Hall–Kier alpha value is -3.75. The molecule has 0 bridgehead atoms. The third-order valence-electron chi connectivity index (χ3n) is 5.59. The summed E-state index contributed by atoms with van der Waals surface area (Å²) in [5.74, 6) is 0.443. The highest BCUT2D eigenvalue weighted by Crippen LogP contribution is 2.35. The van der Waals surface area contributed by atoms with Crippen molar-refractivity contribution in [2.45, 2.75) is 26.8 Å². The Morgan fingerprint density at radius 2 is 2.00 bits per heavy atom. The molecule has 0 radical (unpaired) electrons. The van der Waals surface area contributed by atoms with Gasteiger partial charge in [-0.15, -0.1) is 0 Å². The summed E-state index contributed by atoms with van der Waals surface area (Å²) >= 11 is 0. The van der Waals surface area contributed by atoms with Crippen LogP contribution in [0, 0.1) is 13.8 Å². The fourth-order valence-corrected chi connectivity index (χ4v) is 4.17. The molecule has 9 heteroatoms. The second kappa shape index (κ2) is 6.65. The average Bonchev–Trinajstić information content (AvgIpc) is 3.37. The Labute approximate surface area is 173 Å². The lowest BCUT2D eigenvalue weighted by atomic mass is 10.0. The highest BCUT2D eigenvalue weighted by Gasteiger charge is 2.26. The zero-order valence-electron chi connectivity index (χ0n) is 17.1. The van der Waals surface area contributed by atoms with Gasteiger partial charge in [0.05, 0.1) is 11.1 Å². The number of rotatable bonds is 3. The van der Waals surface area contributed by atoms with E-state index < -0.39 is 0 Å². The average molecular weight is 402 g/mol. The van der Waals surface area contributed by atoms with Gasteiger partial charge in [0.25, 0.3) is 0 Å². The zero-order chi connectivity index (χ0) is 21.0. The van der Waals surface area contributed by atoms with Crippen molar-refractivity contribution in [3.8, 4) is 11.3 Å². The molecule has 1 aliphatic rings. The number of fused-ring (bicyclic) bond motifs is 2. The minimum Gasteiger partial charge on any atom is -0.383 e. The molecule has 4 heterocycles. The van der Waals surface area contributed by atoms with Crippen LogP contribution < -0.4 is 10.6 Å². The highest BCUT2D eigenvalue weighted by atomic mass is 16.2. The zero-order valence-corrected chi connectivity index (χ0v) is 17.1. The lowest BCUT2D eigenvalue weighted by molar-refractivity contribution is -0.119. The molecule has 0 saturated heterocycles. The fraction of sp³-hybridized carbons (Fsp3) is 0.286. The lowest BCUT2D eigenvalue weighted by Gasteiger charge is -2.18. The van der Waals surface area contributed by atoms with Crippen molar-refractivity contribution < 1.29 is 4.79 Å². The van der Waals surface area contributed by atoms with Crippen LogP contribution in [0.1, 0.15) is 17.0 Å². The van der Waals surface area contributed by atoms with Crippen LogP contribution in [0.3, 0.4) is 0 Å². The number of nitrogen functional groups attached to an aromatic ring is 1. The number of hydrogen-bond donors (Lipinski definition) is 1. The standard InChI is InChI=1S/C21H22N8O/c1-12-8-13(2)29(25-12)10-17(30)28-7-6-14-9-15(4-5-16(14)28)19-18-20(22)23-11-24-21(18)27(3)26-19/h4-5,8-9,11H,6-7,10H2,1-3H3,(H2,22,23,24). The molecule has 4 aromatic rings. The van der Waals surface area contributed by atoms with Crippen LogP contribution in [-0.4, -0.2) is 42.0 Å². The van der Waals surface area contributed by atoms with Gasteiger partial charge in [-0.1, -0.05) is 6.07 Å². The Morgan fingerprint density at radius 3 is 2.77 bits per heavy atom. The predicted molar refractivity (Wildman–Crippen MR) is 114 cm³/mol. The normalized spacial score (nSPS) is 13.2. The van der Waals surface area contributed by atoms with Crippen molar-refractivity contribution in [2.75, 3.05) is 17.2 Å². The number of anilines is 2. The number of nitrogens with two attached hydrogens (primary N) is 1. The first-order chi connectivity index (χ1) is 14.4. The largest absolute Gasteiger partial charge is 0.383 e. The number of amides is 1. The molecule has 0 spiro atoms. The molecule has 5 rings (SSSR count). The van der Waals surface area contributed by atoms with Crippen LogP contribution in [0.15, 0.2) is 30.6 Å². The smallest absolute Gasteiger partial charge is 0.248 e. The minimum absolute atomic E-state index is 0.0358. The maximum Gasteiger partial charge on any atom is 0.248 e. The molecule has 0 atom stereocenters. The minimum atomic E-state index is 0.0358. The van der Waals surface area contributed by atoms with Gasteiger partial charge in [0.15, 0.2) is 5.65 Å². The second-order valence-electron chi connectivity index (χ2n) is 7.65. The molecule has 0 aliphatic carbocycles.